The summed E-state index contributed by atoms with van der Waals surface area (Å²) in [6.45, 7) is 2.69. The average molecular weight is 210 g/mol. The molecule has 1 fully saturated rings. The van der Waals surface area contributed by atoms with Gasteiger partial charge in [-0.3, -0.25) is 0 Å². The van der Waals surface area contributed by atoms with Crippen molar-refractivity contribution in [2.75, 3.05) is 13.2 Å². The molecule has 1 unspecified atom stereocenters. The fraction of sp³-hybridized carbons (Fsp3) is 0.500. The maximum absolute atomic E-state index is 13.6. The number of rotatable bonds is 2. The number of aliphatic hydroxyl groups is 1. The summed E-state index contributed by atoms with van der Waals surface area (Å²) in [5, 5.41) is 10.2. The molecule has 82 valence electrons. The largest absolute Gasteiger partial charge is 0.383 e. The second-order valence-corrected chi connectivity index (χ2v) is 4.00. The van der Waals surface area contributed by atoms with Gasteiger partial charge in [0.2, 0.25) is 0 Å². The SMILES string of the molecule is CCc1ccc(F)c(C2(O)CCOC2)c1. The zero-order valence-electron chi connectivity index (χ0n) is 8.79. The first-order chi connectivity index (χ1) is 7.15. The van der Waals surface area contributed by atoms with Crippen molar-refractivity contribution in [1.82, 2.24) is 0 Å². The van der Waals surface area contributed by atoms with Crippen LogP contribution in [0.4, 0.5) is 4.39 Å². The zero-order chi connectivity index (χ0) is 10.9. The highest BCUT2D eigenvalue weighted by atomic mass is 19.1. The van der Waals surface area contributed by atoms with Crippen molar-refractivity contribution >= 4 is 0 Å². The summed E-state index contributed by atoms with van der Waals surface area (Å²) in [5.41, 5.74) is 0.279. The van der Waals surface area contributed by atoms with E-state index in [4.69, 9.17) is 4.74 Å². The molecule has 1 atom stereocenters. The molecule has 0 spiro atoms. The third-order valence-corrected chi connectivity index (χ3v) is 2.94. The normalized spacial score (nSPS) is 25.8. The van der Waals surface area contributed by atoms with Crippen LogP contribution in [0.15, 0.2) is 18.2 Å². The molecule has 0 aromatic heterocycles. The van der Waals surface area contributed by atoms with Gasteiger partial charge >= 0.3 is 0 Å². The molecule has 2 nitrogen and oxygen atoms in total. The molecule has 0 saturated carbocycles. The number of aryl methyl sites for hydroxylation is 1. The Morgan fingerprint density at radius 3 is 2.93 bits per heavy atom. The third-order valence-electron chi connectivity index (χ3n) is 2.94. The van der Waals surface area contributed by atoms with Crippen LogP contribution >= 0.6 is 0 Å². The van der Waals surface area contributed by atoms with E-state index >= 15 is 0 Å². The lowest BCUT2D eigenvalue weighted by molar-refractivity contribution is 0.0201. The summed E-state index contributed by atoms with van der Waals surface area (Å²) in [6, 6.07) is 4.91. The van der Waals surface area contributed by atoms with Crippen molar-refractivity contribution in [1.29, 1.82) is 0 Å². The predicted octanol–water partition coefficient (Wildman–Crippen LogP) is 2.00. The minimum absolute atomic E-state index is 0.192. The van der Waals surface area contributed by atoms with Crippen LogP contribution in [0.25, 0.3) is 0 Å². The molecule has 0 radical (unpaired) electrons. The second kappa shape index (κ2) is 3.91. The Morgan fingerprint density at radius 1 is 1.53 bits per heavy atom. The Balaban J connectivity index is 2.41. The smallest absolute Gasteiger partial charge is 0.129 e. The van der Waals surface area contributed by atoms with Crippen molar-refractivity contribution in [2.45, 2.75) is 25.4 Å². The van der Waals surface area contributed by atoms with Crippen LogP contribution in [0, 0.1) is 5.82 Å². The Kier molecular flexibility index (Phi) is 2.76. The summed E-state index contributed by atoms with van der Waals surface area (Å²) in [5.74, 6) is -0.347. The zero-order valence-corrected chi connectivity index (χ0v) is 8.79. The lowest BCUT2D eigenvalue weighted by Gasteiger charge is -2.22. The Labute approximate surface area is 88.7 Å². The van der Waals surface area contributed by atoms with Crippen molar-refractivity contribution in [2.24, 2.45) is 0 Å². The third kappa shape index (κ3) is 1.90. The van der Waals surface area contributed by atoms with Crippen molar-refractivity contribution < 1.29 is 14.2 Å². The number of benzene rings is 1. The Morgan fingerprint density at radius 2 is 2.33 bits per heavy atom. The lowest BCUT2D eigenvalue weighted by Crippen LogP contribution is -2.27. The first-order valence-electron chi connectivity index (χ1n) is 5.25. The first-order valence-corrected chi connectivity index (χ1v) is 5.25. The quantitative estimate of drug-likeness (QED) is 0.809. The van der Waals surface area contributed by atoms with Crippen LogP contribution in [-0.4, -0.2) is 18.3 Å². The molecular weight excluding hydrogens is 195 g/mol. The van der Waals surface area contributed by atoms with Crippen LogP contribution < -0.4 is 0 Å². The Bertz CT molecular complexity index is 357. The molecule has 2 rings (SSSR count). The molecule has 1 saturated heterocycles. The molecule has 0 amide bonds. The molecule has 1 aliphatic heterocycles. The van der Waals surface area contributed by atoms with E-state index in [0.29, 0.717) is 18.6 Å². The van der Waals surface area contributed by atoms with Gasteiger partial charge in [-0.05, 0) is 24.1 Å². The molecule has 0 aliphatic carbocycles. The van der Waals surface area contributed by atoms with E-state index in [9.17, 15) is 9.50 Å². The monoisotopic (exact) mass is 210 g/mol. The molecule has 1 heterocycles. The van der Waals surface area contributed by atoms with E-state index in [1.807, 2.05) is 6.92 Å². The van der Waals surface area contributed by atoms with Crippen LogP contribution in [-0.2, 0) is 16.8 Å². The van der Waals surface area contributed by atoms with E-state index < -0.39 is 5.60 Å². The second-order valence-electron chi connectivity index (χ2n) is 4.00. The van der Waals surface area contributed by atoms with Gasteiger partial charge in [0.1, 0.15) is 11.4 Å². The van der Waals surface area contributed by atoms with Gasteiger partial charge in [-0.1, -0.05) is 13.0 Å². The van der Waals surface area contributed by atoms with Crippen LogP contribution in [0.3, 0.4) is 0 Å². The number of hydrogen-bond donors (Lipinski definition) is 1. The predicted molar refractivity (Wildman–Crippen MR) is 55.1 cm³/mol. The summed E-state index contributed by atoms with van der Waals surface area (Å²) >= 11 is 0. The summed E-state index contributed by atoms with van der Waals surface area (Å²) < 4.78 is 18.7. The summed E-state index contributed by atoms with van der Waals surface area (Å²) in [4.78, 5) is 0. The average Bonchev–Trinajstić information content (AvgIpc) is 2.67. The maximum Gasteiger partial charge on any atom is 0.129 e. The minimum Gasteiger partial charge on any atom is -0.383 e. The van der Waals surface area contributed by atoms with E-state index in [2.05, 4.69) is 0 Å². The highest BCUT2D eigenvalue weighted by Gasteiger charge is 2.36. The minimum atomic E-state index is -1.13. The van der Waals surface area contributed by atoms with E-state index in [-0.39, 0.29) is 12.4 Å². The van der Waals surface area contributed by atoms with Crippen LogP contribution in [0.5, 0.6) is 0 Å². The number of ether oxygens (including phenoxy) is 1. The topological polar surface area (TPSA) is 29.5 Å². The Hall–Kier alpha value is -0.930. The van der Waals surface area contributed by atoms with Crippen molar-refractivity contribution in [3.05, 3.63) is 35.1 Å². The summed E-state index contributed by atoms with van der Waals surface area (Å²) in [6.07, 6.45) is 1.31. The van der Waals surface area contributed by atoms with Gasteiger partial charge < -0.3 is 9.84 Å². The van der Waals surface area contributed by atoms with Gasteiger partial charge in [-0.15, -0.1) is 0 Å². The lowest BCUT2D eigenvalue weighted by atomic mass is 9.91. The molecule has 0 bridgehead atoms. The molecule has 15 heavy (non-hydrogen) atoms. The van der Waals surface area contributed by atoms with Gasteiger partial charge in [-0.2, -0.15) is 0 Å². The van der Waals surface area contributed by atoms with E-state index in [1.165, 1.54) is 6.07 Å². The molecule has 1 aromatic rings. The maximum atomic E-state index is 13.6. The fourth-order valence-electron chi connectivity index (χ4n) is 1.92. The molecule has 1 aromatic carbocycles. The molecule has 3 heteroatoms. The number of halogens is 1. The van der Waals surface area contributed by atoms with Gasteiger partial charge in [0.25, 0.3) is 0 Å². The number of hydrogen-bond acceptors (Lipinski definition) is 2. The molecule has 1 aliphatic rings. The highest BCUT2D eigenvalue weighted by Crippen LogP contribution is 2.32. The van der Waals surface area contributed by atoms with E-state index in [0.717, 1.165) is 12.0 Å². The van der Waals surface area contributed by atoms with Crippen LogP contribution in [0.1, 0.15) is 24.5 Å². The van der Waals surface area contributed by atoms with Gasteiger partial charge in [-0.25, -0.2) is 4.39 Å². The standard InChI is InChI=1S/C12H15FO2/c1-2-9-3-4-11(13)10(7-9)12(14)5-6-15-8-12/h3-4,7,14H,2,5-6,8H2,1H3. The van der Waals surface area contributed by atoms with Crippen molar-refractivity contribution in [3.63, 3.8) is 0 Å². The van der Waals surface area contributed by atoms with Gasteiger partial charge in [0.05, 0.1) is 6.61 Å². The summed E-state index contributed by atoms with van der Waals surface area (Å²) in [7, 11) is 0. The fourth-order valence-corrected chi connectivity index (χ4v) is 1.92. The van der Waals surface area contributed by atoms with Gasteiger partial charge in [0, 0.05) is 18.6 Å². The first kappa shape index (κ1) is 10.6. The van der Waals surface area contributed by atoms with Gasteiger partial charge in [0.15, 0.2) is 0 Å². The van der Waals surface area contributed by atoms with Crippen molar-refractivity contribution in [3.8, 4) is 0 Å². The van der Waals surface area contributed by atoms with E-state index in [1.54, 1.807) is 12.1 Å². The molecule has 1 N–H and O–H groups in total. The highest BCUT2D eigenvalue weighted by molar-refractivity contribution is 5.30. The van der Waals surface area contributed by atoms with Crippen LogP contribution in [0.2, 0.25) is 0 Å². The molecular formula is C12H15FO2.